The van der Waals surface area contributed by atoms with Gasteiger partial charge < -0.3 is 4.74 Å². The van der Waals surface area contributed by atoms with Crippen LogP contribution in [0.5, 0.6) is 5.75 Å². The summed E-state index contributed by atoms with van der Waals surface area (Å²) in [5.41, 5.74) is 2.36. The molecule has 0 radical (unpaired) electrons. The molecule has 224 valence electrons. The first-order valence-corrected chi connectivity index (χ1v) is 28.3. The molecule has 1 N–H and O–H groups in total. The molecular formula is C32H58O5SiSn. The van der Waals surface area contributed by atoms with Gasteiger partial charge in [0.05, 0.1) is 0 Å². The number of hydrogen-bond acceptors (Lipinski definition) is 5. The predicted octanol–water partition coefficient (Wildman–Crippen LogP) is 8.09. The molecule has 0 unspecified atom stereocenters. The van der Waals surface area contributed by atoms with Crippen LogP contribution < -0.4 is 4.74 Å². The van der Waals surface area contributed by atoms with Gasteiger partial charge in [0.15, 0.2) is 0 Å². The molecule has 3 atom stereocenters. The first-order chi connectivity index (χ1) is 18.2. The van der Waals surface area contributed by atoms with Crippen molar-refractivity contribution < 1.29 is 24.1 Å². The Bertz CT molecular complexity index is 842. The topological polar surface area (TPSA) is 57.2 Å². The van der Waals surface area contributed by atoms with Crippen molar-refractivity contribution in [2.75, 3.05) is 33.7 Å². The Kier molecular flexibility index (Phi) is 17.5. The van der Waals surface area contributed by atoms with E-state index in [4.69, 9.17) is 18.9 Å². The van der Waals surface area contributed by atoms with E-state index in [1.54, 1.807) is 7.11 Å². The number of rotatable bonds is 21. The molecule has 5 nitrogen and oxygen atoms in total. The summed E-state index contributed by atoms with van der Waals surface area (Å²) >= 11 is -2.34. The number of benzene rings is 1. The normalized spacial score (nSPS) is 15.2. The standard InChI is InChI=1S/C29H49O5Si.3CH3.Sn/c1-8-26(21-33-22-27-12-14-29(31-4)15-13-27)19-28(30)18-24(2)10-9-11-25(3)20-34-23-32-16-17-35(5,6)7;;;;/h11-15,24,26,28,30H,1,9-10,16-23H2,2-7H3;3*1H3;/b25-11+;;;;/t24-,26-,28+;;;;/m0..../s1. The first-order valence-electron chi connectivity index (χ1n) is 14.6. The Morgan fingerprint density at radius 2 is 1.72 bits per heavy atom. The number of methoxy groups -OCH3 is 1. The van der Waals surface area contributed by atoms with Crippen LogP contribution in [0.3, 0.4) is 0 Å². The zero-order chi connectivity index (χ0) is 29.5. The van der Waals surface area contributed by atoms with E-state index in [2.05, 4.69) is 61.0 Å². The van der Waals surface area contributed by atoms with E-state index in [-0.39, 0.29) is 12.0 Å². The van der Waals surface area contributed by atoms with E-state index >= 15 is 0 Å². The minimum absolute atomic E-state index is 0.202. The molecule has 0 spiro atoms. The van der Waals surface area contributed by atoms with Crippen molar-refractivity contribution >= 4 is 26.5 Å². The third-order valence-corrected chi connectivity index (χ3v) is 15.4. The molecule has 0 aliphatic heterocycles. The van der Waals surface area contributed by atoms with Gasteiger partial charge >= 0.3 is 194 Å². The van der Waals surface area contributed by atoms with Gasteiger partial charge in [-0.1, -0.05) is 19.6 Å². The fourth-order valence-corrected chi connectivity index (χ4v) is 9.17. The Morgan fingerprint density at radius 1 is 1.05 bits per heavy atom. The molecule has 0 amide bonds. The molecule has 0 heterocycles. The van der Waals surface area contributed by atoms with Crippen LogP contribution >= 0.6 is 0 Å². The van der Waals surface area contributed by atoms with Crippen molar-refractivity contribution in [2.24, 2.45) is 11.8 Å². The number of ether oxygens (including phenoxy) is 4. The van der Waals surface area contributed by atoms with Crippen LogP contribution in [0, 0.1) is 11.8 Å². The van der Waals surface area contributed by atoms with Gasteiger partial charge in [-0.3, -0.25) is 0 Å². The molecule has 0 bridgehead atoms. The number of allylic oxidation sites excluding steroid dienone is 1. The summed E-state index contributed by atoms with van der Waals surface area (Å²) in [6.45, 7) is 18.8. The summed E-state index contributed by atoms with van der Waals surface area (Å²) in [6.07, 6.45) is 5.49. The van der Waals surface area contributed by atoms with Crippen LogP contribution in [0.25, 0.3) is 0 Å². The van der Waals surface area contributed by atoms with Gasteiger partial charge in [-0.25, -0.2) is 0 Å². The zero-order valence-electron chi connectivity index (χ0n) is 26.5. The molecule has 0 saturated heterocycles. The Hall–Kier alpha value is -0.644. The summed E-state index contributed by atoms with van der Waals surface area (Å²) in [5, 5.41) is 11.0. The summed E-state index contributed by atoms with van der Waals surface area (Å²) in [5.74, 6) is 1.50. The summed E-state index contributed by atoms with van der Waals surface area (Å²) in [4.78, 5) is 7.17. The Balaban J connectivity index is 2.43. The maximum atomic E-state index is 11.0. The number of aliphatic hydroxyl groups excluding tert-OH is 1. The number of aliphatic hydroxyl groups is 1. The molecule has 7 heteroatoms. The average Bonchev–Trinajstić information content (AvgIpc) is 2.84. The van der Waals surface area contributed by atoms with Crippen LogP contribution in [0.2, 0.25) is 40.5 Å². The monoisotopic (exact) mass is 670 g/mol. The van der Waals surface area contributed by atoms with E-state index in [0.29, 0.717) is 32.5 Å². The van der Waals surface area contributed by atoms with Gasteiger partial charge in [0.25, 0.3) is 0 Å². The minimum atomic E-state index is -2.34. The van der Waals surface area contributed by atoms with E-state index < -0.39 is 26.5 Å². The van der Waals surface area contributed by atoms with Crippen LogP contribution in [0.1, 0.15) is 45.1 Å². The molecule has 1 aromatic carbocycles. The van der Waals surface area contributed by atoms with Gasteiger partial charge in [0.1, 0.15) is 6.79 Å². The fraction of sp³-hybridized carbons (Fsp3) is 0.688. The van der Waals surface area contributed by atoms with Gasteiger partial charge in [-0.05, 0) is 6.04 Å². The van der Waals surface area contributed by atoms with E-state index in [9.17, 15) is 5.11 Å². The van der Waals surface area contributed by atoms with Crippen LogP contribution in [0.4, 0.5) is 0 Å². The molecule has 0 fully saturated rings. The SMILES string of the molecule is C=[C]([C@H](COCc1ccc(OC)cc1)C[C@H](O)C[C@@H](C)CC/C=C(\C)COCOCC[Si](C)(C)C)[Sn]([CH3])([CH3])[CH3]. The summed E-state index contributed by atoms with van der Waals surface area (Å²) in [6, 6.07) is 9.15. The Morgan fingerprint density at radius 3 is 2.31 bits per heavy atom. The molecule has 39 heavy (non-hydrogen) atoms. The number of hydrogen-bond donors (Lipinski definition) is 1. The van der Waals surface area contributed by atoms with Crippen molar-refractivity contribution in [2.45, 2.75) is 92.7 Å². The van der Waals surface area contributed by atoms with E-state index in [0.717, 1.165) is 43.6 Å². The quantitative estimate of drug-likeness (QED) is 0.0621. The third-order valence-electron chi connectivity index (χ3n) is 7.08. The average molecular weight is 670 g/mol. The van der Waals surface area contributed by atoms with Crippen LogP contribution in [0.15, 0.2) is 46.1 Å². The van der Waals surface area contributed by atoms with Crippen molar-refractivity contribution in [1.29, 1.82) is 0 Å². The second kappa shape index (κ2) is 18.7. The fourth-order valence-electron chi connectivity index (χ4n) is 4.34. The molecule has 0 aliphatic rings. The predicted molar refractivity (Wildman–Crippen MR) is 171 cm³/mol. The van der Waals surface area contributed by atoms with Crippen molar-refractivity contribution in [1.82, 2.24) is 0 Å². The maximum absolute atomic E-state index is 11.0. The molecular weight excluding hydrogens is 611 g/mol. The first kappa shape index (κ1) is 36.4. The second-order valence-electron chi connectivity index (χ2n) is 13.4. The zero-order valence-corrected chi connectivity index (χ0v) is 30.3. The molecule has 0 aliphatic carbocycles. The van der Waals surface area contributed by atoms with Crippen molar-refractivity contribution in [3.8, 4) is 5.75 Å². The second-order valence-corrected chi connectivity index (χ2v) is 33.7. The molecule has 0 aromatic heterocycles. The van der Waals surface area contributed by atoms with Crippen LogP contribution in [-0.2, 0) is 20.8 Å². The molecule has 1 aromatic rings. The molecule has 0 saturated carbocycles. The van der Waals surface area contributed by atoms with Gasteiger partial charge in [0, 0.05) is 14.7 Å². The molecule has 1 rings (SSSR count). The van der Waals surface area contributed by atoms with Gasteiger partial charge in [-0.15, -0.1) is 0 Å². The van der Waals surface area contributed by atoms with E-state index in [1.165, 1.54) is 15.2 Å². The summed E-state index contributed by atoms with van der Waals surface area (Å²) < 4.78 is 24.0. The summed E-state index contributed by atoms with van der Waals surface area (Å²) in [7, 11) is 0.628. The van der Waals surface area contributed by atoms with E-state index in [1.807, 2.05) is 24.3 Å². The van der Waals surface area contributed by atoms with Crippen LogP contribution in [-0.4, -0.2) is 71.4 Å². The third kappa shape index (κ3) is 17.7. The van der Waals surface area contributed by atoms with Crippen molar-refractivity contribution in [3.63, 3.8) is 0 Å². The van der Waals surface area contributed by atoms with Gasteiger partial charge in [-0.2, -0.15) is 0 Å². The Labute approximate surface area is 245 Å². The van der Waals surface area contributed by atoms with Crippen molar-refractivity contribution in [3.05, 3.63) is 51.6 Å². The van der Waals surface area contributed by atoms with Gasteiger partial charge in [0.2, 0.25) is 0 Å².